The van der Waals surface area contributed by atoms with E-state index in [2.05, 4.69) is 17.6 Å². The minimum atomic E-state index is -0.343. The zero-order valence-corrected chi connectivity index (χ0v) is 11.9. The Morgan fingerprint density at radius 2 is 2.40 bits per heavy atom. The number of carbonyl (C=O) groups is 1. The molecule has 0 bridgehead atoms. The highest BCUT2D eigenvalue weighted by atomic mass is 19.1. The second-order valence-electron chi connectivity index (χ2n) is 5.13. The van der Waals surface area contributed by atoms with E-state index >= 15 is 0 Å². The molecule has 0 aliphatic carbocycles. The number of amides is 2. The molecule has 110 valence electrons. The van der Waals surface area contributed by atoms with Crippen LogP contribution in [0.25, 0.3) is 0 Å². The molecule has 0 spiro atoms. The van der Waals surface area contributed by atoms with Crippen molar-refractivity contribution in [1.29, 1.82) is 0 Å². The van der Waals surface area contributed by atoms with Gasteiger partial charge in [0, 0.05) is 24.8 Å². The lowest BCUT2D eigenvalue weighted by molar-refractivity contribution is 0.173. The van der Waals surface area contributed by atoms with Crippen LogP contribution < -0.4 is 10.6 Å². The molecule has 1 aromatic rings. The third-order valence-corrected chi connectivity index (χ3v) is 3.51. The fraction of sp³-hybridized carbons (Fsp3) is 0.533. The number of nitrogens with zero attached hydrogens (tertiary/aromatic N) is 1. The molecule has 1 atom stereocenters. The van der Waals surface area contributed by atoms with Crippen LogP contribution in [0.4, 0.5) is 14.9 Å². The van der Waals surface area contributed by atoms with Crippen LogP contribution in [0.15, 0.2) is 24.3 Å². The van der Waals surface area contributed by atoms with Gasteiger partial charge in [-0.2, -0.15) is 0 Å². The van der Waals surface area contributed by atoms with Crippen LogP contribution in [0.1, 0.15) is 26.2 Å². The maximum absolute atomic E-state index is 13.1. The second-order valence-corrected chi connectivity index (χ2v) is 5.13. The third-order valence-electron chi connectivity index (χ3n) is 3.51. The Kier molecular flexibility index (Phi) is 5.35. The molecular formula is C15H22FN3O. The molecule has 2 amide bonds. The summed E-state index contributed by atoms with van der Waals surface area (Å²) in [6.07, 6.45) is 3.01. The third kappa shape index (κ3) is 3.93. The highest BCUT2D eigenvalue weighted by molar-refractivity contribution is 5.89. The second kappa shape index (κ2) is 7.24. The molecule has 1 aliphatic heterocycles. The smallest absolute Gasteiger partial charge is 0.320 e. The highest BCUT2D eigenvalue weighted by Crippen LogP contribution is 2.15. The molecule has 0 saturated carbocycles. The average Bonchev–Trinajstić information content (AvgIpc) is 2.45. The van der Waals surface area contributed by atoms with Crippen molar-refractivity contribution in [2.24, 2.45) is 0 Å². The minimum absolute atomic E-state index is 0.147. The highest BCUT2D eigenvalue weighted by Gasteiger charge is 2.24. The monoisotopic (exact) mass is 279 g/mol. The molecule has 0 radical (unpaired) electrons. The van der Waals surface area contributed by atoms with Gasteiger partial charge in [-0.1, -0.05) is 13.0 Å². The SMILES string of the molecule is CCCN(C(=O)Nc1cccc(F)c1)C1CCCNC1. The molecule has 1 saturated heterocycles. The molecule has 1 aromatic carbocycles. The topological polar surface area (TPSA) is 44.4 Å². The van der Waals surface area contributed by atoms with Gasteiger partial charge in [-0.25, -0.2) is 9.18 Å². The fourth-order valence-corrected chi connectivity index (χ4v) is 2.55. The summed E-state index contributed by atoms with van der Waals surface area (Å²) in [5.74, 6) is -0.343. The van der Waals surface area contributed by atoms with E-state index in [1.54, 1.807) is 12.1 Å². The van der Waals surface area contributed by atoms with E-state index in [1.165, 1.54) is 12.1 Å². The quantitative estimate of drug-likeness (QED) is 0.890. The Balaban J connectivity index is 2.02. The van der Waals surface area contributed by atoms with Gasteiger partial charge in [0.1, 0.15) is 5.82 Å². The van der Waals surface area contributed by atoms with Crippen LogP contribution in [0.5, 0.6) is 0 Å². The van der Waals surface area contributed by atoms with Crippen LogP contribution in [-0.4, -0.2) is 36.6 Å². The Bertz CT molecular complexity index is 446. The average molecular weight is 279 g/mol. The number of piperidine rings is 1. The Hall–Kier alpha value is -1.62. The summed E-state index contributed by atoms with van der Waals surface area (Å²) < 4.78 is 13.1. The first kappa shape index (κ1) is 14.8. The lowest BCUT2D eigenvalue weighted by Crippen LogP contribution is -2.50. The van der Waals surface area contributed by atoms with Gasteiger partial charge in [-0.05, 0) is 44.0 Å². The summed E-state index contributed by atoms with van der Waals surface area (Å²) in [4.78, 5) is 14.2. The molecule has 1 unspecified atom stereocenters. The van der Waals surface area contributed by atoms with Crippen molar-refractivity contribution >= 4 is 11.7 Å². The van der Waals surface area contributed by atoms with Gasteiger partial charge in [0.05, 0.1) is 0 Å². The Morgan fingerprint density at radius 3 is 3.05 bits per heavy atom. The summed E-state index contributed by atoms with van der Waals surface area (Å²) in [6.45, 7) is 4.62. The van der Waals surface area contributed by atoms with Gasteiger partial charge in [0.15, 0.2) is 0 Å². The standard InChI is InChI=1S/C15H22FN3O/c1-2-9-19(14-7-4-8-17-11-14)15(20)18-13-6-3-5-12(16)10-13/h3,5-6,10,14,17H,2,4,7-9,11H2,1H3,(H,18,20). The number of carbonyl (C=O) groups excluding carboxylic acids is 1. The van der Waals surface area contributed by atoms with Crippen molar-refractivity contribution in [3.05, 3.63) is 30.1 Å². The number of nitrogens with one attached hydrogen (secondary N) is 2. The molecule has 4 nitrogen and oxygen atoms in total. The van der Waals surface area contributed by atoms with E-state index in [9.17, 15) is 9.18 Å². The van der Waals surface area contributed by atoms with Gasteiger partial charge in [-0.3, -0.25) is 0 Å². The number of hydrogen-bond donors (Lipinski definition) is 2. The first-order chi connectivity index (χ1) is 9.70. The van der Waals surface area contributed by atoms with Gasteiger partial charge in [-0.15, -0.1) is 0 Å². The van der Waals surface area contributed by atoms with E-state index < -0.39 is 0 Å². The van der Waals surface area contributed by atoms with Crippen molar-refractivity contribution in [2.75, 3.05) is 25.0 Å². The van der Waals surface area contributed by atoms with E-state index in [0.29, 0.717) is 12.2 Å². The summed E-state index contributed by atoms with van der Waals surface area (Å²) in [5.41, 5.74) is 0.500. The van der Waals surface area contributed by atoms with E-state index in [-0.39, 0.29) is 17.9 Å². The fourth-order valence-electron chi connectivity index (χ4n) is 2.55. The summed E-state index contributed by atoms with van der Waals surface area (Å²) >= 11 is 0. The normalized spacial score (nSPS) is 18.6. The number of rotatable bonds is 4. The predicted octanol–water partition coefficient (Wildman–Crippen LogP) is 2.82. The summed E-state index contributed by atoms with van der Waals surface area (Å²) in [5, 5.41) is 6.10. The van der Waals surface area contributed by atoms with Crippen molar-refractivity contribution in [3.63, 3.8) is 0 Å². The zero-order valence-electron chi connectivity index (χ0n) is 11.9. The van der Waals surface area contributed by atoms with E-state index in [4.69, 9.17) is 0 Å². The van der Waals surface area contributed by atoms with Crippen LogP contribution in [-0.2, 0) is 0 Å². The van der Waals surface area contributed by atoms with Crippen molar-refractivity contribution in [1.82, 2.24) is 10.2 Å². The van der Waals surface area contributed by atoms with Crippen LogP contribution in [0.3, 0.4) is 0 Å². The predicted molar refractivity (Wildman–Crippen MR) is 78.3 cm³/mol. The van der Waals surface area contributed by atoms with Crippen molar-refractivity contribution in [3.8, 4) is 0 Å². The van der Waals surface area contributed by atoms with E-state index in [0.717, 1.165) is 32.4 Å². The molecule has 5 heteroatoms. The minimum Gasteiger partial charge on any atom is -0.320 e. The van der Waals surface area contributed by atoms with Gasteiger partial charge >= 0.3 is 6.03 Å². The summed E-state index contributed by atoms with van der Waals surface area (Å²) in [6, 6.07) is 6.07. The largest absolute Gasteiger partial charge is 0.322 e. The van der Waals surface area contributed by atoms with Crippen molar-refractivity contribution in [2.45, 2.75) is 32.2 Å². The number of anilines is 1. The van der Waals surface area contributed by atoms with Gasteiger partial charge < -0.3 is 15.5 Å². The number of urea groups is 1. The molecule has 0 aromatic heterocycles. The lowest BCUT2D eigenvalue weighted by Gasteiger charge is -2.34. The molecule has 2 rings (SSSR count). The Morgan fingerprint density at radius 1 is 1.55 bits per heavy atom. The first-order valence-electron chi connectivity index (χ1n) is 7.24. The maximum Gasteiger partial charge on any atom is 0.322 e. The number of halogens is 1. The molecule has 2 N–H and O–H groups in total. The molecule has 20 heavy (non-hydrogen) atoms. The Labute approximate surface area is 119 Å². The van der Waals surface area contributed by atoms with Gasteiger partial charge in [0.25, 0.3) is 0 Å². The zero-order chi connectivity index (χ0) is 14.4. The van der Waals surface area contributed by atoms with Crippen molar-refractivity contribution < 1.29 is 9.18 Å². The van der Waals surface area contributed by atoms with Crippen LogP contribution in [0.2, 0.25) is 0 Å². The molecular weight excluding hydrogens is 257 g/mol. The maximum atomic E-state index is 13.1. The first-order valence-corrected chi connectivity index (χ1v) is 7.24. The molecule has 1 aliphatic rings. The molecule has 1 fully saturated rings. The number of benzene rings is 1. The van der Waals surface area contributed by atoms with Crippen LogP contribution in [0, 0.1) is 5.82 Å². The molecule has 1 heterocycles. The van der Waals surface area contributed by atoms with E-state index in [1.807, 2.05) is 4.90 Å². The van der Waals surface area contributed by atoms with Crippen LogP contribution >= 0.6 is 0 Å². The summed E-state index contributed by atoms with van der Waals surface area (Å²) in [7, 11) is 0. The van der Waals surface area contributed by atoms with Gasteiger partial charge in [0.2, 0.25) is 0 Å². The number of hydrogen-bond acceptors (Lipinski definition) is 2. The lowest BCUT2D eigenvalue weighted by atomic mass is 10.1.